The SMILES string of the molecule is CCCC/C=C\C/C=C\CCCCCCCC(=O)OCC/C=C\C/C=C\CCCCCCCCCCCCCCCCC(=O)NC(COC1OC(CO)C(O)C(O)C1O)C(O)/C=C/CC/C=C/CC/C=C/CCCCCC. The van der Waals surface area contributed by atoms with Gasteiger partial charge in [-0.2, -0.15) is 0 Å². The van der Waals surface area contributed by atoms with Crippen LogP contribution in [0.4, 0.5) is 0 Å². The van der Waals surface area contributed by atoms with Crippen molar-refractivity contribution in [1.82, 2.24) is 5.32 Å². The van der Waals surface area contributed by atoms with Crippen LogP contribution in [0.25, 0.3) is 0 Å². The number of hydrogen-bond donors (Lipinski definition) is 6. The van der Waals surface area contributed by atoms with E-state index >= 15 is 0 Å². The molecule has 0 aromatic heterocycles. The van der Waals surface area contributed by atoms with Crippen LogP contribution in [-0.2, 0) is 23.8 Å². The zero-order valence-corrected chi connectivity index (χ0v) is 48.9. The molecule has 0 radical (unpaired) electrons. The summed E-state index contributed by atoms with van der Waals surface area (Å²) in [6.45, 7) is 4.13. The minimum atomic E-state index is -1.58. The smallest absolute Gasteiger partial charge is 0.305 e. The molecule has 77 heavy (non-hydrogen) atoms. The van der Waals surface area contributed by atoms with E-state index in [0.29, 0.717) is 19.4 Å². The first-order valence-corrected chi connectivity index (χ1v) is 31.4. The lowest BCUT2D eigenvalue weighted by atomic mass is 9.99. The van der Waals surface area contributed by atoms with Gasteiger partial charge in [-0.25, -0.2) is 0 Å². The van der Waals surface area contributed by atoms with E-state index in [9.17, 15) is 35.1 Å². The van der Waals surface area contributed by atoms with Crippen LogP contribution >= 0.6 is 0 Å². The van der Waals surface area contributed by atoms with E-state index in [1.165, 1.54) is 128 Å². The Balaban J connectivity index is 2.10. The van der Waals surface area contributed by atoms with E-state index in [2.05, 4.69) is 92.1 Å². The summed E-state index contributed by atoms with van der Waals surface area (Å²) in [6.07, 6.45) is 64.0. The molecule has 1 aliphatic heterocycles. The van der Waals surface area contributed by atoms with Crippen molar-refractivity contribution in [3.05, 3.63) is 85.1 Å². The number of aliphatic hydroxyl groups is 5. The lowest BCUT2D eigenvalue weighted by Crippen LogP contribution is -2.60. The van der Waals surface area contributed by atoms with Gasteiger partial charge in [-0.3, -0.25) is 9.59 Å². The third kappa shape index (κ3) is 44.3. The van der Waals surface area contributed by atoms with E-state index in [1.54, 1.807) is 6.08 Å². The third-order valence-electron chi connectivity index (χ3n) is 14.2. The van der Waals surface area contributed by atoms with Gasteiger partial charge in [-0.05, 0) is 103 Å². The maximum Gasteiger partial charge on any atom is 0.305 e. The Labute approximate surface area is 470 Å². The lowest BCUT2D eigenvalue weighted by molar-refractivity contribution is -0.302. The van der Waals surface area contributed by atoms with Gasteiger partial charge < -0.3 is 45.1 Å². The van der Waals surface area contributed by atoms with Crippen LogP contribution in [0.1, 0.15) is 258 Å². The number of aliphatic hydroxyl groups excluding tert-OH is 5. The Hall–Kier alpha value is -3.16. The monoisotopic (exact) mass is 1080 g/mol. The number of nitrogens with one attached hydrogen (secondary N) is 1. The van der Waals surface area contributed by atoms with E-state index in [-0.39, 0.29) is 18.5 Å². The summed E-state index contributed by atoms with van der Waals surface area (Å²) in [4.78, 5) is 25.1. The van der Waals surface area contributed by atoms with Gasteiger partial charge in [-0.1, -0.05) is 227 Å². The molecule has 11 nitrogen and oxygen atoms in total. The molecule has 1 aliphatic rings. The average Bonchev–Trinajstić information content (AvgIpc) is 3.43. The lowest BCUT2D eigenvalue weighted by Gasteiger charge is -2.40. The maximum atomic E-state index is 13.0. The van der Waals surface area contributed by atoms with Crippen LogP contribution < -0.4 is 5.32 Å². The summed E-state index contributed by atoms with van der Waals surface area (Å²) in [7, 11) is 0. The molecule has 7 atom stereocenters. The van der Waals surface area contributed by atoms with Gasteiger partial charge in [0.2, 0.25) is 5.91 Å². The van der Waals surface area contributed by atoms with Gasteiger partial charge >= 0.3 is 5.97 Å². The summed E-state index contributed by atoms with van der Waals surface area (Å²) in [6, 6.07) is -0.841. The van der Waals surface area contributed by atoms with Crippen molar-refractivity contribution >= 4 is 11.9 Å². The highest BCUT2D eigenvalue weighted by Crippen LogP contribution is 2.23. The fourth-order valence-corrected chi connectivity index (χ4v) is 9.20. The Morgan fingerprint density at radius 3 is 1.40 bits per heavy atom. The van der Waals surface area contributed by atoms with Crippen molar-refractivity contribution in [2.45, 2.75) is 301 Å². The topological polar surface area (TPSA) is 175 Å². The van der Waals surface area contributed by atoms with Crippen molar-refractivity contribution in [2.24, 2.45) is 0 Å². The predicted molar refractivity (Wildman–Crippen MR) is 319 cm³/mol. The third-order valence-corrected chi connectivity index (χ3v) is 14.2. The number of carbonyl (C=O) groups is 2. The zero-order chi connectivity index (χ0) is 55.9. The Morgan fingerprint density at radius 1 is 0.481 bits per heavy atom. The zero-order valence-electron chi connectivity index (χ0n) is 48.9. The highest BCUT2D eigenvalue weighted by atomic mass is 16.7. The molecule has 0 aromatic rings. The second-order valence-corrected chi connectivity index (χ2v) is 21.4. The molecule has 0 aromatic carbocycles. The van der Waals surface area contributed by atoms with Crippen molar-refractivity contribution < 1.29 is 49.3 Å². The molecule has 1 heterocycles. The van der Waals surface area contributed by atoms with E-state index in [0.717, 1.165) is 103 Å². The molecule has 0 saturated carbocycles. The fraction of sp³-hybridized carbons (Fsp3) is 0.758. The van der Waals surface area contributed by atoms with Crippen molar-refractivity contribution in [1.29, 1.82) is 0 Å². The average molecular weight is 1080 g/mol. The first-order chi connectivity index (χ1) is 37.7. The molecule has 1 saturated heterocycles. The Bertz CT molecular complexity index is 1550. The molecule has 0 spiro atoms. The molecule has 444 valence electrons. The molecule has 11 heteroatoms. The Kier molecular flexibility index (Phi) is 51.1. The second-order valence-electron chi connectivity index (χ2n) is 21.4. The Morgan fingerprint density at radius 2 is 0.896 bits per heavy atom. The normalized spacial score (nSPS) is 19.2. The van der Waals surface area contributed by atoms with Crippen LogP contribution in [0.5, 0.6) is 0 Å². The standard InChI is InChI=1S/C66H115NO10/c1-3-5-7-9-11-13-15-17-28-32-36-40-44-48-52-59(69)58(57-76-66-65(74)64(73)63(72)60(56-68)77-66)67-61(70)53-49-45-41-37-33-29-26-24-22-20-19-21-23-25-27-31-35-39-43-47-51-55-75-62(71)54-50-46-42-38-34-30-18-16-14-12-10-8-6-4-2/h10,12-13,15-16,18,31-32,35-36,43,47-48,52,58-60,63-66,68-69,72-74H,3-9,11,14,17,19-30,33-34,37-42,44-46,49-51,53-57H2,1-2H3,(H,67,70)/b12-10-,15-13+,18-16-,35-31-,36-32+,47-43-,52-48+. The van der Waals surface area contributed by atoms with E-state index in [4.69, 9.17) is 14.2 Å². The van der Waals surface area contributed by atoms with Gasteiger partial charge in [0.05, 0.1) is 32.0 Å². The quantitative estimate of drug-likeness (QED) is 0.0195. The molecule has 7 unspecified atom stereocenters. The first kappa shape index (κ1) is 71.9. The molecular formula is C66H115NO10. The number of amides is 1. The van der Waals surface area contributed by atoms with Crippen LogP contribution in [-0.4, -0.2) is 100 Å². The van der Waals surface area contributed by atoms with Gasteiger partial charge in [0.1, 0.15) is 24.4 Å². The first-order valence-electron chi connectivity index (χ1n) is 31.4. The minimum absolute atomic E-state index is 0.0650. The van der Waals surface area contributed by atoms with E-state index in [1.807, 2.05) is 6.08 Å². The number of ether oxygens (including phenoxy) is 3. The summed E-state index contributed by atoms with van der Waals surface area (Å²) in [5.41, 5.74) is 0. The molecule has 1 rings (SSSR count). The van der Waals surface area contributed by atoms with Gasteiger partial charge in [0, 0.05) is 12.8 Å². The minimum Gasteiger partial charge on any atom is -0.465 e. The molecule has 0 bridgehead atoms. The van der Waals surface area contributed by atoms with Crippen LogP contribution in [0.2, 0.25) is 0 Å². The highest BCUT2D eigenvalue weighted by molar-refractivity contribution is 5.76. The fourth-order valence-electron chi connectivity index (χ4n) is 9.20. The predicted octanol–water partition coefficient (Wildman–Crippen LogP) is 14.9. The molecular weight excluding hydrogens is 967 g/mol. The number of unbranched alkanes of at least 4 members (excludes halogenated alkanes) is 27. The number of rotatable bonds is 53. The van der Waals surface area contributed by atoms with Crippen LogP contribution in [0.3, 0.4) is 0 Å². The number of hydrogen-bond acceptors (Lipinski definition) is 10. The number of carbonyl (C=O) groups excluding carboxylic acids is 2. The molecule has 0 aliphatic carbocycles. The summed E-state index contributed by atoms with van der Waals surface area (Å²) in [5.74, 6) is -0.268. The summed E-state index contributed by atoms with van der Waals surface area (Å²) >= 11 is 0. The van der Waals surface area contributed by atoms with Crippen LogP contribution in [0.15, 0.2) is 85.1 Å². The van der Waals surface area contributed by atoms with Gasteiger partial charge in [-0.15, -0.1) is 0 Å². The molecule has 1 amide bonds. The number of allylic oxidation sites excluding steroid dienone is 12. The summed E-state index contributed by atoms with van der Waals surface area (Å²) in [5, 5.41) is 54.4. The van der Waals surface area contributed by atoms with Gasteiger partial charge in [0.15, 0.2) is 6.29 Å². The number of esters is 1. The molecule has 6 N–H and O–H groups in total. The summed E-state index contributed by atoms with van der Waals surface area (Å²) < 4.78 is 16.6. The highest BCUT2D eigenvalue weighted by Gasteiger charge is 2.44. The second kappa shape index (κ2) is 54.8. The molecule has 1 fully saturated rings. The van der Waals surface area contributed by atoms with Crippen LogP contribution in [0, 0.1) is 0 Å². The van der Waals surface area contributed by atoms with Gasteiger partial charge in [0.25, 0.3) is 0 Å². The largest absolute Gasteiger partial charge is 0.465 e. The maximum absolute atomic E-state index is 13.0. The van der Waals surface area contributed by atoms with Crippen molar-refractivity contribution in [3.8, 4) is 0 Å². The van der Waals surface area contributed by atoms with Crippen molar-refractivity contribution in [3.63, 3.8) is 0 Å². The van der Waals surface area contributed by atoms with E-state index < -0.39 is 49.5 Å². The van der Waals surface area contributed by atoms with Crippen molar-refractivity contribution in [2.75, 3.05) is 19.8 Å².